The molecule has 0 aliphatic carbocycles. The van der Waals surface area contributed by atoms with E-state index >= 15 is 0 Å². The van der Waals surface area contributed by atoms with Gasteiger partial charge in [0.25, 0.3) is 0 Å². The van der Waals surface area contributed by atoms with Crippen LogP contribution in [0.2, 0.25) is 0 Å². The first-order valence-corrected chi connectivity index (χ1v) is 10.1. The van der Waals surface area contributed by atoms with Crippen molar-refractivity contribution in [2.75, 3.05) is 0 Å². The molecule has 0 amide bonds. The summed E-state index contributed by atoms with van der Waals surface area (Å²) in [4.78, 5) is 0. The van der Waals surface area contributed by atoms with Gasteiger partial charge < -0.3 is 0 Å². The molecule has 0 heterocycles. The Morgan fingerprint density at radius 2 is 1.42 bits per heavy atom. The van der Waals surface area contributed by atoms with Crippen LogP contribution >= 0.6 is 0 Å². The molecule has 0 aliphatic heterocycles. The summed E-state index contributed by atoms with van der Waals surface area (Å²) in [7, 11) is 0. The standard InChI is InChI=1S/C21H17F3OSe/c1-14-12-19(10-11-20(14)25)26-13-15-2-4-16(5-3-15)17-6-8-18(9-7-17)21(22,23)24/h2-12,25H,13H2,1H3. The number of halogens is 3. The fourth-order valence-electron chi connectivity index (χ4n) is 2.53. The van der Waals surface area contributed by atoms with E-state index in [0.717, 1.165) is 34.1 Å². The summed E-state index contributed by atoms with van der Waals surface area (Å²) >= 11 is 0.258. The molecule has 0 saturated carbocycles. The van der Waals surface area contributed by atoms with Gasteiger partial charge in [0, 0.05) is 0 Å². The van der Waals surface area contributed by atoms with Crippen molar-refractivity contribution in [3.63, 3.8) is 0 Å². The summed E-state index contributed by atoms with van der Waals surface area (Å²) in [5, 5.41) is 10.5. The van der Waals surface area contributed by atoms with Gasteiger partial charge in [-0.25, -0.2) is 0 Å². The summed E-state index contributed by atoms with van der Waals surface area (Å²) in [6.45, 7) is 1.88. The SMILES string of the molecule is Cc1cc([Se]Cc2ccc(-c3ccc(C(F)(F)F)cc3)cc2)ccc1O. The van der Waals surface area contributed by atoms with Gasteiger partial charge in [-0.1, -0.05) is 0 Å². The number of aryl methyl sites for hydroxylation is 1. The van der Waals surface area contributed by atoms with Crippen molar-refractivity contribution in [1.29, 1.82) is 0 Å². The van der Waals surface area contributed by atoms with Crippen molar-refractivity contribution >= 4 is 19.4 Å². The van der Waals surface area contributed by atoms with E-state index in [2.05, 4.69) is 0 Å². The van der Waals surface area contributed by atoms with Crippen molar-refractivity contribution in [1.82, 2.24) is 0 Å². The van der Waals surface area contributed by atoms with E-state index < -0.39 is 11.7 Å². The molecule has 0 spiro atoms. The van der Waals surface area contributed by atoms with E-state index in [0.29, 0.717) is 5.75 Å². The molecule has 0 radical (unpaired) electrons. The van der Waals surface area contributed by atoms with Crippen molar-refractivity contribution in [2.45, 2.75) is 18.4 Å². The number of phenolic OH excluding ortho intramolecular Hbond substituents is 1. The zero-order valence-electron chi connectivity index (χ0n) is 14.0. The van der Waals surface area contributed by atoms with E-state index in [1.165, 1.54) is 22.2 Å². The van der Waals surface area contributed by atoms with E-state index in [1.807, 2.05) is 43.3 Å². The van der Waals surface area contributed by atoms with Crippen LogP contribution in [0.25, 0.3) is 11.1 Å². The van der Waals surface area contributed by atoms with Gasteiger partial charge in [0.15, 0.2) is 0 Å². The molecule has 3 rings (SSSR count). The van der Waals surface area contributed by atoms with Crippen LogP contribution in [0.5, 0.6) is 5.75 Å². The second-order valence-electron chi connectivity index (χ2n) is 6.01. The van der Waals surface area contributed by atoms with Crippen LogP contribution < -0.4 is 4.46 Å². The fraction of sp³-hybridized carbons (Fsp3) is 0.143. The van der Waals surface area contributed by atoms with Gasteiger partial charge in [-0.15, -0.1) is 0 Å². The van der Waals surface area contributed by atoms with Crippen LogP contribution in [0.15, 0.2) is 66.7 Å². The van der Waals surface area contributed by atoms with E-state index in [1.54, 1.807) is 6.07 Å². The topological polar surface area (TPSA) is 20.2 Å². The summed E-state index contributed by atoms with van der Waals surface area (Å²) in [5.74, 6) is 0.311. The van der Waals surface area contributed by atoms with Crippen LogP contribution in [-0.2, 0) is 11.5 Å². The van der Waals surface area contributed by atoms with E-state index in [4.69, 9.17) is 0 Å². The van der Waals surface area contributed by atoms with Gasteiger partial charge in [-0.3, -0.25) is 0 Å². The average Bonchev–Trinajstić information content (AvgIpc) is 2.62. The number of phenols is 1. The Morgan fingerprint density at radius 3 is 1.96 bits per heavy atom. The third-order valence-electron chi connectivity index (χ3n) is 4.07. The fourth-order valence-corrected chi connectivity index (χ4v) is 4.52. The number of benzene rings is 3. The predicted molar refractivity (Wildman–Crippen MR) is 98.8 cm³/mol. The van der Waals surface area contributed by atoms with Crippen LogP contribution in [-0.4, -0.2) is 20.1 Å². The Balaban J connectivity index is 1.67. The molecule has 0 fully saturated rings. The Kier molecular flexibility index (Phi) is 5.40. The van der Waals surface area contributed by atoms with E-state index in [9.17, 15) is 18.3 Å². The summed E-state index contributed by atoms with van der Waals surface area (Å²) < 4.78 is 39.1. The molecule has 0 saturated heterocycles. The van der Waals surface area contributed by atoms with Crippen molar-refractivity contribution in [3.8, 4) is 16.9 Å². The number of hydrogen-bond donors (Lipinski definition) is 1. The molecule has 0 unspecified atom stereocenters. The van der Waals surface area contributed by atoms with Gasteiger partial charge in [0.05, 0.1) is 0 Å². The zero-order chi connectivity index (χ0) is 18.7. The number of rotatable bonds is 4. The van der Waals surface area contributed by atoms with Gasteiger partial charge in [0.1, 0.15) is 0 Å². The zero-order valence-corrected chi connectivity index (χ0v) is 15.8. The van der Waals surface area contributed by atoms with E-state index in [-0.39, 0.29) is 15.0 Å². The van der Waals surface area contributed by atoms with Crippen LogP contribution in [0, 0.1) is 6.92 Å². The Bertz CT molecular complexity index is 885. The van der Waals surface area contributed by atoms with Gasteiger partial charge in [0.2, 0.25) is 0 Å². The third kappa shape index (κ3) is 4.48. The average molecular weight is 421 g/mol. The molecule has 1 nitrogen and oxygen atoms in total. The first-order chi connectivity index (χ1) is 12.3. The second kappa shape index (κ2) is 7.56. The summed E-state index contributed by atoms with van der Waals surface area (Å²) in [6, 6.07) is 18.8. The number of hydrogen-bond acceptors (Lipinski definition) is 1. The molecular formula is C21H17F3OSe. The molecule has 134 valence electrons. The normalized spacial score (nSPS) is 11.5. The molecule has 0 atom stereocenters. The monoisotopic (exact) mass is 422 g/mol. The quantitative estimate of drug-likeness (QED) is 0.594. The molecule has 0 aliphatic rings. The molecule has 3 aromatic carbocycles. The molecule has 26 heavy (non-hydrogen) atoms. The van der Waals surface area contributed by atoms with Crippen LogP contribution in [0.1, 0.15) is 16.7 Å². The summed E-state index contributed by atoms with van der Waals surface area (Å²) in [5.41, 5.74) is 3.10. The van der Waals surface area contributed by atoms with Gasteiger partial charge >= 0.3 is 156 Å². The minimum absolute atomic E-state index is 0.258. The molecular weight excluding hydrogens is 404 g/mol. The van der Waals surface area contributed by atoms with Crippen LogP contribution in [0.3, 0.4) is 0 Å². The third-order valence-corrected chi connectivity index (χ3v) is 6.31. The molecule has 0 bridgehead atoms. The van der Waals surface area contributed by atoms with Gasteiger partial charge in [-0.2, -0.15) is 0 Å². The number of aromatic hydroxyl groups is 1. The Labute approximate surface area is 156 Å². The van der Waals surface area contributed by atoms with Crippen molar-refractivity contribution in [3.05, 3.63) is 83.4 Å². The maximum absolute atomic E-state index is 12.6. The molecule has 1 N–H and O–H groups in total. The predicted octanol–water partition coefficient (Wildman–Crippen LogP) is 4.92. The van der Waals surface area contributed by atoms with Gasteiger partial charge in [-0.05, 0) is 0 Å². The Morgan fingerprint density at radius 1 is 0.846 bits per heavy atom. The number of alkyl halides is 3. The Hall–Kier alpha value is -2.23. The second-order valence-corrected chi connectivity index (χ2v) is 8.21. The van der Waals surface area contributed by atoms with Crippen molar-refractivity contribution < 1.29 is 18.3 Å². The van der Waals surface area contributed by atoms with Crippen LogP contribution in [0.4, 0.5) is 13.2 Å². The maximum atomic E-state index is 12.6. The minimum atomic E-state index is -4.31. The van der Waals surface area contributed by atoms with Crippen molar-refractivity contribution in [2.24, 2.45) is 0 Å². The molecule has 5 heteroatoms. The molecule has 3 aromatic rings. The molecule has 0 aromatic heterocycles. The first kappa shape index (κ1) is 18.6. The summed E-state index contributed by atoms with van der Waals surface area (Å²) in [6.07, 6.45) is -4.31. The first-order valence-electron chi connectivity index (χ1n) is 8.02.